The van der Waals surface area contributed by atoms with Crippen molar-refractivity contribution in [2.75, 3.05) is 18.1 Å². The molecule has 2 aliphatic heterocycles. The normalized spacial score (nSPS) is 27.6. The molecule has 0 radical (unpaired) electrons. The van der Waals surface area contributed by atoms with Gasteiger partial charge in [-0.15, -0.1) is 0 Å². The molecule has 1 aromatic rings. The summed E-state index contributed by atoms with van der Waals surface area (Å²) >= 11 is 0. The van der Waals surface area contributed by atoms with Gasteiger partial charge in [-0.05, 0) is 47.9 Å². The van der Waals surface area contributed by atoms with Crippen molar-refractivity contribution >= 4 is 23.4 Å². The van der Waals surface area contributed by atoms with Crippen LogP contribution in [0.1, 0.15) is 47.0 Å². The molecule has 0 N–H and O–H groups in total. The highest BCUT2D eigenvalue weighted by atomic mass is 19.1. The summed E-state index contributed by atoms with van der Waals surface area (Å²) < 4.78 is 19.0. The number of anilines is 1. The molecule has 3 aliphatic rings. The zero-order chi connectivity index (χ0) is 21.8. The molecule has 2 atom stereocenters. The van der Waals surface area contributed by atoms with E-state index in [1.165, 1.54) is 24.3 Å². The molecule has 2 heterocycles. The van der Waals surface area contributed by atoms with E-state index >= 15 is 0 Å². The molecule has 0 bridgehead atoms. The molecule has 1 aromatic carbocycles. The van der Waals surface area contributed by atoms with Gasteiger partial charge < -0.3 is 9.64 Å². The Kier molecular flexibility index (Phi) is 5.00. The van der Waals surface area contributed by atoms with E-state index in [0.717, 1.165) is 17.7 Å². The van der Waals surface area contributed by atoms with E-state index in [1.807, 2.05) is 0 Å². The van der Waals surface area contributed by atoms with Crippen molar-refractivity contribution in [2.24, 2.45) is 16.7 Å². The fourth-order valence-electron chi connectivity index (χ4n) is 5.08. The Hall–Kier alpha value is -2.28. The van der Waals surface area contributed by atoms with Crippen molar-refractivity contribution in [3.63, 3.8) is 0 Å². The van der Waals surface area contributed by atoms with Crippen LogP contribution in [0.4, 0.5) is 10.1 Å². The third-order valence-corrected chi connectivity index (χ3v) is 7.56. The summed E-state index contributed by atoms with van der Waals surface area (Å²) in [7, 11) is 0. The highest BCUT2D eigenvalue weighted by Crippen LogP contribution is 2.69. The van der Waals surface area contributed by atoms with Crippen LogP contribution in [0, 0.1) is 22.6 Å². The van der Waals surface area contributed by atoms with Gasteiger partial charge in [-0.3, -0.25) is 14.4 Å². The smallest absolute Gasteiger partial charge is 0.257 e. The van der Waals surface area contributed by atoms with E-state index in [4.69, 9.17) is 4.74 Å². The average molecular weight is 416 g/mol. The molecular formula is C23H29FN2O4. The first-order chi connectivity index (χ1) is 14.1. The quantitative estimate of drug-likeness (QED) is 0.692. The van der Waals surface area contributed by atoms with Crippen LogP contribution in [-0.4, -0.2) is 47.9 Å². The van der Waals surface area contributed by atoms with Crippen molar-refractivity contribution in [3.05, 3.63) is 30.1 Å². The van der Waals surface area contributed by atoms with Gasteiger partial charge in [0.05, 0.1) is 18.2 Å². The Balaban J connectivity index is 1.62. The number of nitrogens with zero attached hydrogens (tertiary/aromatic N) is 2. The Morgan fingerprint density at radius 3 is 2.33 bits per heavy atom. The van der Waals surface area contributed by atoms with Gasteiger partial charge in [-0.2, -0.15) is 0 Å². The van der Waals surface area contributed by atoms with E-state index in [2.05, 4.69) is 27.7 Å². The van der Waals surface area contributed by atoms with Gasteiger partial charge in [0.15, 0.2) is 0 Å². The van der Waals surface area contributed by atoms with Crippen LogP contribution in [0.15, 0.2) is 24.3 Å². The lowest BCUT2D eigenvalue weighted by atomic mass is 10.0. The minimum atomic E-state index is -0.855. The maximum absolute atomic E-state index is 13.6. The summed E-state index contributed by atoms with van der Waals surface area (Å²) in [5, 5.41) is 0. The van der Waals surface area contributed by atoms with E-state index in [-0.39, 0.29) is 41.1 Å². The topological polar surface area (TPSA) is 66.9 Å². The molecule has 0 aromatic heterocycles. The van der Waals surface area contributed by atoms with Crippen molar-refractivity contribution in [1.29, 1.82) is 0 Å². The lowest BCUT2D eigenvalue weighted by molar-refractivity contribution is -0.142. The van der Waals surface area contributed by atoms with Gasteiger partial charge >= 0.3 is 0 Å². The average Bonchev–Trinajstić information content (AvgIpc) is 3.10. The molecule has 2 unspecified atom stereocenters. The van der Waals surface area contributed by atoms with Crippen molar-refractivity contribution in [2.45, 2.75) is 59.1 Å². The number of carbonyl (C=O) groups excluding carboxylic acids is 3. The van der Waals surface area contributed by atoms with Gasteiger partial charge in [0.25, 0.3) is 5.91 Å². The minimum Gasteiger partial charge on any atom is -0.376 e. The Morgan fingerprint density at radius 2 is 1.80 bits per heavy atom. The fraction of sp³-hybridized carbons (Fsp3) is 0.609. The zero-order valence-corrected chi connectivity index (χ0v) is 18.0. The molecule has 2 saturated heterocycles. The number of hydrogen-bond acceptors (Lipinski definition) is 4. The lowest BCUT2D eigenvalue weighted by Crippen LogP contribution is -2.49. The molecule has 6 nitrogen and oxygen atoms in total. The third-order valence-electron chi connectivity index (χ3n) is 7.56. The first-order valence-corrected chi connectivity index (χ1v) is 10.6. The molecule has 0 spiro atoms. The number of benzene rings is 1. The number of rotatable bonds is 5. The molecule has 1 saturated carbocycles. The van der Waals surface area contributed by atoms with Crippen LogP contribution >= 0.6 is 0 Å². The summed E-state index contributed by atoms with van der Waals surface area (Å²) in [6.07, 6.45) is 1.56. The fourth-order valence-corrected chi connectivity index (χ4v) is 5.08. The van der Waals surface area contributed by atoms with Gasteiger partial charge in [0.2, 0.25) is 11.8 Å². The van der Waals surface area contributed by atoms with Crippen LogP contribution in [-0.2, 0) is 19.1 Å². The molecule has 162 valence electrons. The van der Waals surface area contributed by atoms with Gasteiger partial charge in [0, 0.05) is 19.1 Å². The maximum atomic E-state index is 13.6. The third kappa shape index (κ3) is 3.23. The van der Waals surface area contributed by atoms with Gasteiger partial charge in [-0.1, -0.05) is 27.7 Å². The number of halogens is 1. The van der Waals surface area contributed by atoms with E-state index in [0.29, 0.717) is 18.8 Å². The SMILES string of the molecule is CC1(C)C(C(=O)N(CC2CCCO2)C2CC(=O)N(c3ccc(F)cc3)C2=O)C1(C)C. The van der Waals surface area contributed by atoms with Crippen LogP contribution in [0.5, 0.6) is 0 Å². The summed E-state index contributed by atoms with van der Waals surface area (Å²) in [5.74, 6) is -1.56. The predicted molar refractivity (Wildman–Crippen MR) is 109 cm³/mol. The molecule has 4 rings (SSSR count). The highest BCUT2D eigenvalue weighted by molar-refractivity contribution is 6.23. The number of hydrogen-bond donors (Lipinski definition) is 0. The monoisotopic (exact) mass is 416 g/mol. The standard InChI is InChI=1S/C23H29FN2O4/c1-22(2)19(23(22,3)4)21(29)25(13-16-6-5-11-30-16)17-12-18(27)26(20(17)28)15-9-7-14(24)8-10-15/h7-10,16-17,19H,5-6,11-13H2,1-4H3. The molecule has 3 fully saturated rings. The van der Waals surface area contributed by atoms with Crippen molar-refractivity contribution in [1.82, 2.24) is 4.90 Å². The lowest BCUT2D eigenvalue weighted by Gasteiger charge is -2.30. The Bertz CT molecular complexity index is 860. The molecule has 1 aliphatic carbocycles. The number of amides is 3. The number of carbonyl (C=O) groups is 3. The van der Waals surface area contributed by atoms with Crippen LogP contribution in [0.2, 0.25) is 0 Å². The van der Waals surface area contributed by atoms with Crippen LogP contribution in [0.25, 0.3) is 0 Å². The van der Waals surface area contributed by atoms with Crippen LogP contribution < -0.4 is 4.90 Å². The van der Waals surface area contributed by atoms with Gasteiger partial charge in [-0.25, -0.2) is 9.29 Å². The molecule has 3 amide bonds. The number of imide groups is 1. The Morgan fingerprint density at radius 1 is 1.17 bits per heavy atom. The zero-order valence-electron chi connectivity index (χ0n) is 18.0. The minimum absolute atomic E-state index is 0.0672. The van der Waals surface area contributed by atoms with Crippen LogP contribution in [0.3, 0.4) is 0 Å². The van der Waals surface area contributed by atoms with Crippen molar-refractivity contribution < 1.29 is 23.5 Å². The van der Waals surface area contributed by atoms with Gasteiger partial charge in [0.1, 0.15) is 11.9 Å². The predicted octanol–water partition coefficient (Wildman–Crippen LogP) is 3.15. The van der Waals surface area contributed by atoms with Crippen molar-refractivity contribution in [3.8, 4) is 0 Å². The first kappa shape index (κ1) is 21.0. The first-order valence-electron chi connectivity index (χ1n) is 10.6. The maximum Gasteiger partial charge on any atom is 0.257 e. The second-order valence-corrected chi connectivity index (χ2v) is 9.77. The Labute approximate surface area is 176 Å². The van der Waals surface area contributed by atoms with E-state index in [9.17, 15) is 18.8 Å². The highest BCUT2D eigenvalue weighted by Gasteiger charge is 2.69. The summed E-state index contributed by atoms with van der Waals surface area (Å²) in [4.78, 5) is 42.2. The summed E-state index contributed by atoms with van der Waals surface area (Å²) in [6, 6.07) is 4.40. The number of ether oxygens (including phenoxy) is 1. The second kappa shape index (κ2) is 7.15. The molecule has 7 heteroatoms. The van der Waals surface area contributed by atoms with E-state index < -0.39 is 17.8 Å². The molecule has 30 heavy (non-hydrogen) atoms. The summed E-state index contributed by atoms with van der Waals surface area (Å²) in [6.45, 7) is 9.20. The van der Waals surface area contributed by atoms with E-state index in [1.54, 1.807) is 4.90 Å². The molecular weight excluding hydrogens is 387 g/mol. The largest absolute Gasteiger partial charge is 0.376 e. The second-order valence-electron chi connectivity index (χ2n) is 9.77. The summed E-state index contributed by atoms with van der Waals surface area (Å²) in [5.41, 5.74) is -0.0343.